The Labute approximate surface area is 153 Å². The molecule has 6 nitrogen and oxygen atoms in total. The maximum Gasteiger partial charge on any atom is 0.342 e. The molecule has 2 aliphatic carbocycles. The minimum atomic E-state index is -2.56. The molecule has 136 valence electrons. The second-order valence-electron chi connectivity index (χ2n) is 6.81. The summed E-state index contributed by atoms with van der Waals surface area (Å²) in [5.74, 6) is -5.18. The summed E-state index contributed by atoms with van der Waals surface area (Å²) in [6.45, 7) is 0.319. The summed E-state index contributed by atoms with van der Waals surface area (Å²) in [5.41, 5.74) is 2.32. The Kier molecular flexibility index (Phi) is 4.27. The molecule has 9 heteroatoms. The van der Waals surface area contributed by atoms with E-state index in [0.717, 1.165) is 5.56 Å². The van der Waals surface area contributed by atoms with E-state index in [1.54, 1.807) is 30.1 Å². The van der Waals surface area contributed by atoms with Gasteiger partial charge in [0.25, 0.3) is 0 Å². The van der Waals surface area contributed by atoms with Gasteiger partial charge in [0.15, 0.2) is 0 Å². The maximum absolute atomic E-state index is 14.6. The Hall–Kier alpha value is -1.41. The van der Waals surface area contributed by atoms with E-state index in [-0.39, 0.29) is 6.42 Å². The third-order valence-corrected chi connectivity index (χ3v) is 6.21. The molecule has 2 saturated carbocycles. The van der Waals surface area contributed by atoms with E-state index in [9.17, 15) is 19.1 Å². The van der Waals surface area contributed by atoms with Gasteiger partial charge in [-0.25, -0.2) is 9.18 Å². The van der Waals surface area contributed by atoms with Gasteiger partial charge in [0.2, 0.25) is 5.67 Å². The predicted molar refractivity (Wildman–Crippen MR) is 89.3 cm³/mol. The number of fused-ring (bicyclic) bond motifs is 1. The highest BCUT2D eigenvalue weighted by atomic mass is 35.5. The first-order chi connectivity index (χ1) is 11.5. The van der Waals surface area contributed by atoms with E-state index in [2.05, 4.69) is 0 Å². The fourth-order valence-electron chi connectivity index (χ4n) is 4.20. The van der Waals surface area contributed by atoms with Crippen LogP contribution in [0, 0.1) is 11.8 Å². The van der Waals surface area contributed by atoms with Gasteiger partial charge in [0.1, 0.15) is 5.54 Å². The lowest BCUT2D eigenvalue weighted by molar-refractivity contribution is -0.152. The number of carboxylic acids is 2. The summed E-state index contributed by atoms with van der Waals surface area (Å²) in [7, 11) is 1.67. The van der Waals surface area contributed by atoms with E-state index in [1.807, 2.05) is 0 Å². The van der Waals surface area contributed by atoms with Gasteiger partial charge >= 0.3 is 11.9 Å². The first kappa shape index (κ1) is 18.4. The second kappa shape index (κ2) is 5.81. The second-order valence-corrected chi connectivity index (χ2v) is 7.63. The van der Waals surface area contributed by atoms with Crippen molar-refractivity contribution in [1.82, 2.24) is 4.90 Å². The first-order valence-electron chi connectivity index (χ1n) is 7.63. The van der Waals surface area contributed by atoms with Crippen molar-refractivity contribution in [1.29, 1.82) is 0 Å². The van der Waals surface area contributed by atoms with Crippen LogP contribution in [0.3, 0.4) is 0 Å². The molecule has 0 heterocycles. The summed E-state index contributed by atoms with van der Waals surface area (Å²) in [6.07, 6.45) is 0.0636. The third kappa shape index (κ3) is 2.52. The monoisotopic (exact) mass is 390 g/mol. The average Bonchev–Trinajstić information content (AvgIpc) is 2.98. The highest BCUT2D eigenvalue weighted by molar-refractivity contribution is 6.42. The molecule has 0 bridgehead atoms. The molecule has 5 atom stereocenters. The summed E-state index contributed by atoms with van der Waals surface area (Å²) < 4.78 is 14.6. The smallest absolute Gasteiger partial charge is 0.342 e. The number of benzene rings is 1. The summed E-state index contributed by atoms with van der Waals surface area (Å²) in [6, 6.07) is 4.34. The van der Waals surface area contributed by atoms with Gasteiger partial charge < -0.3 is 15.9 Å². The molecule has 25 heavy (non-hydrogen) atoms. The Balaban J connectivity index is 1.84. The molecule has 0 aliphatic heterocycles. The van der Waals surface area contributed by atoms with Crippen molar-refractivity contribution in [3.05, 3.63) is 33.8 Å². The Morgan fingerprint density at radius 2 is 1.96 bits per heavy atom. The fraction of sp³-hybridized carbons (Fsp3) is 0.500. The molecule has 1 aromatic carbocycles. The highest BCUT2D eigenvalue weighted by Crippen LogP contribution is 2.67. The number of halogens is 3. The number of nitrogens with zero attached hydrogens (tertiary/aromatic N) is 1. The highest BCUT2D eigenvalue weighted by Gasteiger charge is 2.85. The minimum Gasteiger partial charge on any atom is -0.480 e. The molecule has 2 fully saturated rings. The first-order valence-corrected chi connectivity index (χ1v) is 8.38. The van der Waals surface area contributed by atoms with Crippen LogP contribution < -0.4 is 5.73 Å². The molecular formula is C16H17Cl2FN2O4. The Morgan fingerprint density at radius 3 is 2.48 bits per heavy atom. The molecule has 2 aliphatic rings. The molecule has 0 amide bonds. The zero-order valence-corrected chi connectivity index (χ0v) is 14.8. The van der Waals surface area contributed by atoms with Crippen LogP contribution in [0.2, 0.25) is 10.0 Å². The number of rotatable bonds is 5. The van der Waals surface area contributed by atoms with Crippen LogP contribution in [0.4, 0.5) is 4.39 Å². The van der Waals surface area contributed by atoms with E-state index < -0.39 is 41.0 Å². The van der Waals surface area contributed by atoms with Gasteiger partial charge in [-0.15, -0.1) is 0 Å². The number of carboxylic acid groups (broad SMARTS) is 2. The summed E-state index contributed by atoms with van der Waals surface area (Å²) in [5, 5.41) is 19.5. The van der Waals surface area contributed by atoms with Crippen LogP contribution >= 0.6 is 23.2 Å². The number of alkyl halides is 1. The van der Waals surface area contributed by atoms with Gasteiger partial charge in [-0.1, -0.05) is 29.3 Å². The topological polar surface area (TPSA) is 104 Å². The van der Waals surface area contributed by atoms with Crippen molar-refractivity contribution in [2.75, 3.05) is 7.05 Å². The van der Waals surface area contributed by atoms with Crippen LogP contribution in [-0.4, -0.2) is 51.3 Å². The predicted octanol–water partition coefficient (Wildman–Crippen LogP) is 2.02. The lowest BCUT2D eigenvalue weighted by Crippen LogP contribution is -2.64. The fourth-order valence-corrected chi connectivity index (χ4v) is 4.52. The average molecular weight is 391 g/mol. The molecule has 0 saturated heterocycles. The van der Waals surface area contributed by atoms with Crippen molar-refractivity contribution >= 4 is 35.1 Å². The van der Waals surface area contributed by atoms with Gasteiger partial charge in [-0.05, 0) is 31.2 Å². The van der Waals surface area contributed by atoms with E-state index in [1.165, 1.54) is 0 Å². The van der Waals surface area contributed by atoms with Crippen LogP contribution in [-0.2, 0) is 16.1 Å². The minimum absolute atomic E-state index is 0.0636. The Bertz CT molecular complexity index is 764. The Morgan fingerprint density at radius 1 is 1.32 bits per heavy atom. The van der Waals surface area contributed by atoms with Gasteiger partial charge in [-0.2, -0.15) is 0 Å². The molecular weight excluding hydrogens is 374 g/mol. The van der Waals surface area contributed by atoms with Gasteiger partial charge in [0, 0.05) is 24.4 Å². The van der Waals surface area contributed by atoms with Gasteiger partial charge in [-0.3, -0.25) is 9.69 Å². The molecule has 1 aromatic rings. The summed E-state index contributed by atoms with van der Waals surface area (Å²) in [4.78, 5) is 24.7. The number of hydrogen-bond donors (Lipinski definition) is 3. The van der Waals surface area contributed by atoms with Crippen LogP contribution in [0.25, 0.3) is 0 Å². The molecule has 4 N–H and O–H groups in total. The number of aliphatic carboxylic acids is 2. The molecule has 0 radical (unpaired) electrons. The van der Waals surface area contributed by atoms with Crippen molar-refractivity contribution in [2.45, 2.75) is 30.2 Å². The van der Waals surface area contributed by atoms with Crippen molar-refractivity contribution < 1.29 is 24.2 Å². The standard InChI is InChI=1S/C16H17Cl2FN2O4/c1-21(6-7-2-3-9(17)10(18)4-7)11-5-8-12(15(8,19)13(22)23)16(11,20)14(24)25/h2-4,8,11-12H,5-6,20H2,1H3,(H,22,23)(H,24,25)/t8-,11+,12+,15-,16+/m1/s1. The normalized spacial score (nSPS) is 36.3. The number of likely N-dealkylation sites (N-methyl/N-ethyl adjacent to an activating group) is 1. The zero-order chi connectivity index (χ0) is 18.7. The quantitative estimate of drug-likeness (QED) is 0.710. The number of nitrogens with two attached hydrogens (primary N) is 1. The molecule has 0 spiro atoms. The van der Waals surface area contributed by atoms with Crippen molar-refractivity contribution in [2.24, 2.45) is 17.6 Å². The molecule has 0 aromatic heterocycles. The van der Waals surface area contributed by atoms with E-state index in [0.29, 0.717) is 16.6 Å². The van der Waals surface area contributed by atoms with E-state index >= 15 is 0 Å². The van der Waals surface area contributed by atoms with E-state index in [4.69, 9.17) is 34.0 Å². The zero-order valence-electron chi connectivity index (χ0n) is 13.2. The third-order valence-electron chi connectivity index (χ3n) is 5.47. The lowest BCUT2D eigenvalue weighted by Gasteiger charge is -2.38. The molecule has 3 rings (SSSR count). The lowest BCUT2D eigenvalue weighted by atomic mass is 9.85. The van der Waals surface area contributed by atoms with Crippen LogP contribution in [0.5, 0.6) is 0 Å². The van der Waals surface area contributed by atoms with Crippen molar-refractivity contribution in [3.63, 3.8) is 0 Å². The number of hydrogen-bond acceptors (Lipinski definition) is 4. The van der Waals surface area contributed by atoms with Crippen LogP contribution in [0.1, 0.15) is 12.0 Å². The van der Waals surface area contributed by atoms with Crippen LogP contribution in [0.15, 0.2) is 18.2 Å². The van der Waals surface area contributed by atoms with Crippen molar-refractivity contribution in [3.8, 4) is 0 Å². The largest absolute Gasteiger partial charge is 0.480 e. The number of carbonyl (C=O) groups is 2. The SMILES string of the molecule is CN(Cc1ccc(Cl)c(Cl)c1)[C@H]1C[C@@H]2[C@H]([C@]1(N)C(=O)O)[C@@]2(F)C(=O)O. The van der Waals surface area contributed by atoms with Gasteiger partial charge in [0.05, 0.1) is 10.0 Å². The maximum atomic E-state index is 14.6. The summed E-state index contributed by atoms with van der Waals surface area (Å²) >= 11 is 11.9. The molecule has 0 unspecified atom stereocenters.